The van der Waals surface area contributed by atoms with Crippen LogP contribution in [0.3, 0.4) is 0 Å². The van der Waals surface area contributed by atoms with Crippen LogP contribution in [0.15, 0.2) is 243 Å². The monoisotopic (exact) mass is 820 g/mol. The van der Waals surface area contributed by atoms with Crippen molar-refractivity contribution in [3.05, 3.63) is 243 Å². The third-order valence-corrected chi connectivity index (χ3v) is 13.6. The average molecular weight is 821 g/mol. The lowest BCUT2D eigenvalue weighted by Crippen LogP contribution is -2.09. The Morgan fingerprint density at radius 1 is 0.270 bits per heavy atom. The van der Waals surface area contributed by atoms with Crippen LogP contribution < -0.4 is 4.90 Å². The first-order chi connectivity index (χ1) is 31.2. The fraction of sp³-hybridized carbons (Fsp3) is 0. The van der Waals surface area contributed by atoms with Crippen molar-refractivity contribution >= 4 is 70.4 Å². The summed E-state index contributed by atoms with van der Waals surface area (Å²) in [6, 6.07) is 88.3. The molecule has 2 nitrogen and oxygen atoms in total. The molecule has 0 aliphatic heterocycles. The summed E-state index contributed by atoms with van der Waals surface area (Å²) in [5, 5.41) is 5.12. The number of benzene rings is 10. The van der Waals surface area contributed by atoms with Crippen molar-refractivity contribution in [3.8, 4) is 50.2 Å². The van der Waals surface area contributed by atoms with E-state index in [1.165, 1.54) is 86.5 Å². The number of para-hydroxylation sites is 1. The van der Waals surface area contributed by atoms with E-state index < -0.39 is 0 Å². The van der Waals surface area contributed by atoms with Gasteiger partial charge in [-0.2, -0.15) is 0 Å². The zero-order valence-electron chi connectivity index (χ0n) is 34.4. The summed E-state index contributed by atoms with van der Waals surface area (Å²) in [7, 11) is 0. The fourth-order valence-corrected chi connectivity index (χ4v) is 10.3. The third kappa shape index (κ3) is 6.67. The fourth-order valence-electron chi connectivity index (χ4n) is 9.26. The molecule has 0 amide bonds. The van der Waals surface area contributed by atoms with E-state index in [9.17, 15) is 0 Å². The van der Waals surface area contributed by atoms with Crippen LogP contribution in [-0.2, 0) is 0 Å². The Kier molecular flexibility index (Phi) is 9.06. The first-order valence-electron chi connectivity index (χ1n) is 21.5. The van der Waals surface area contributed by atoms with Gasteiger partial charge in [0.15, 0.2) is 0 Å². The highest BCUT2D eigenvalue weighted by Crippen LogP contribution is 2.41. The van der Waals surface area contributed by atoms with Gasteiger partial charge < -0.3 is 9.47 Å². The van der Waals surface area contributed by atoms with Crippen LogP contribution in [0, 0.1) is 0 Å². The molecular weight excluding hydrogens is 781 g/mol. The first-order valence-corrected chi connectivity index (χ1v) is 22.3. The molecule has 0 bridgehead atoms. The standard InChI is InChI=1S/C60H40N2S/c1-3-11-41(12-4-1)43-19-29-49(30-20-43)61(51-33-25-46(26-34-51)48-28-38-60-56(40-48)54-16-8-10-18-59(54)63-60)50-31-23-45(24-32-50)47-27-37-58-55(39-47)53-15-7-9-17-57(53)62(58)52-35-21-44(22-36-52)42-13-5-2-6-14-42/h1-40H. The van der Waals surface area contributed by atoms with Gasteiger partial charge in [0.2, 0.25) is 0 Å². The molecule has 0 aliphatic rings. The molecule has 0 radical (unpaired) electrons. The second-order valence-electron chi connectivity index (χ2n) is 16.1. The zero-order chi connectivity index (χ0) is 41.7. The van der Waals surface area contributed by atoms with Crippen molar-refractivity contribution in [2.24, 2.45) is 0 Å². The maximum atomic E-state index is 2.39. The van der Waals surface area contributed by atoms with Gasteiger partial charge in [0.1, 0.15) is 0 Å². The Bertz CT molecular complexity index is 3570. The molecule has 12 aromatic rings. The van der Waals surface area contributed by atoms with Gasteiger partial charge in [-0.05, 0) is 129 Å². The number of rotatable bonds is 8. The quantitative estimate of drug-likeness (QED) is 0.148. The Morgan fingerprint density at radius 3 is 1.25 bits per heavy atom. The summed E-state index contributed by atoms with van der Waals surface area (Å²) in [5.41, 5.74) is 16.5. The van der Waals surface area contributed by atoms with Gasteiger partial charge in [0.25, 0.3) is 0 Å². The van der Waals surface area contributed by atoms with Gasteiger partial charge in [-0.25, -0.2) is 0 Å². The SMILES string of the molecule is c1ccc(-c2ccc(N(c3ccc(-c4ccc5sc6ccccc6c5c4)cc3)c3ccc(-c4ccc5c(c4)c4ccccc4n5-c4ccc(-c5ccccc5)cc4)cc3)cc2)cc1. The Morgan fingerprint density at radius 2 is 0.667 bits per heavy atom. The highest BCUT2D eigenvalue weighted by atomic mass is 32.1. The van der Waals surface area contributed by atoms with Crippen molar-refractivity contribution < 1.29 is 0 Å². The van der Waals surface area contributed by atoms with Gasteiger partial charge >= 0.3 is 0 Å². The normalized spacial score (nSPS) is 11.5. The summed E-state index contributed by atoms with van der Waals surface area (Å²) in [5.74, 6) is 0. The van der Waals surface area contributed by atoms with E-state index in [1.54, 1.807) is 0 Å². The van der Waals surface area contributed by atoms with E-state index in [0.717, 1.165) is 22.7 Å². The van der Waals surface area contributed by atoms with Crippen molar-refractivity contribution in [2.45, 2.75) is 0 Å². The third-order valence-electron chi connectivity index (χ3n) is 12.4. The lowest BCUT2D eigenvalue weighted by Gasteiger charge is -2.26. The number of hydrogen-bond donors (Lipinski definition) is 0. The molecule has 0 spiro atoms. The molecule has 10 aromatic carbocycles. The van der Waals surface area contributed by atoms with Crippen LogP contribution in [0.1, 0.15) is 0 Å². The lowest BCUT2D eigenvalue weighted by molar-refractivity contribution is 1.18. The minimum absolute atomic E-state index is 1.10. The minimum atomic E-state index is 1.10. The second-order valence-corrected chi connectivity index (χ2v) is 17.2. The zero-order valence-corrected chi connectivity index (χ0v) is 35.2. The van der Waals surface area contributed by atoms with Gasteiger partial charge in [0, 0.05) is 53.7 Å². The molecule has 0 unspecified atom stereocenters. The summed E-state index contributed by atoms with van der Waals surface area (Å²) in [6.07, 6.45) is 0. The van der Waals surface area contributed by atoms with E-state index in [1.807, 2.05) is 11.3 Å². The van der Waals surface area contributed by atoms with E-state index >= 15 is 0 Å². The van der Waals surface area contributed by atoms with Crippen LogP contribution >= 0.6 is 11.3 Å². The molecular formula is C60H40N2S. The van der Waals surface area contributed by atoms with Gasteiger partial charge in [-0.3, -0.25) is 0 Å². The summed E-state index contributed by atoms with van der Waals surface area (Å²) in [4.78, 5) is 2.36. The lowest BCUT2D eigenvalue weighted by atomic mass is 10.0. The van der Waals surface area contributed by atoms with E-state index in [0.29, 0.717) is 0 Å². The number of aromatic nitrogens is 1. The van der Waals surface area contributed by atoms with Crippen LogP contribution in [0.2, 0.25) is 0 Å². The number of hydrogen-bond acceptors (Lipinski definition) is 2. The highest BCUT2D eigenvalue weighted by molar-refractivity contribution is 7.25. The van der Waals surface area contributed by atoms with Crippen molar-refractivity contribution in [2.75, 3.05) is 4.90 Å². The van der Waals surface area contributed by atoms with Crippen molar-refractivity contribution in [3.63, 3.8) is 0 Å². The van der Waals surface area contributed by atoms with Crippen molar-refractivity contribution in [1.82, 2.24) is 4.57 Å². The van der Waals surface area contributed by atoms with E-state index in [2.05, 4.69) is 252 Å². The Hall–Kier alpha value is -7.98. The largest absolute Gasteiger partial charge is 0.311 e. The molecule has 3 heteroatoms. The molecule has 12 rings (SSSR count). The van der Waals surface area contributed by atoms with Gasteiger partial charge in [-0.15, -0.1) is 11.3 Å². The topological polar surface area (TPSA) is 8.17 Å². The predicted molar refractivity (Wildman–Crippen MR) is 270 cm³/mol. The summed E-state index contributed by atoms with van der Waals surface area (Å²) in [6.45, 7) is 0. The molecule has 0 aliphatic carbocycles. The Balaban J connectivity index is 0.899. The molecule has 0 atom stereocenters. The molecule has 2 heterocycles. The molecule has 0 saturated carbocycles. The Labute approximate surface area is 370 Å². The molecule has 63 heavy (non-hydrogen) atoms. The molecule has 0 fully saturated rings. The van der Waals surface area contributed by atoms with Crippen molar-refractivity contribution in [1.29, 1.82) is 0 Å². The summed E-state index contributed by atoms with van der Waals surface area (Å²) < 4.78 is 5.04. The van der Waals surface area contributed by atoms with Gasteiger partial charge in [0.05, 0.1) is 11.0 Å². The number of nitrogens with zero attached hydrogens (tertiary/aromatic N) is 2. The highest BCUT2D eigenvalue weighted by Gasteiger charge is 2.17. The van der Waals surface area contributed by atoms with E-state index in [-0.39, 0.29) is 0 Å². The minimum Gasteiger partial charge on any atom is -0.311 e. The second kappa shape index (κ2) is 15.5. The van der Waals surface area contributed by atoms with Crippen LogP contribution in [-0.4, -0.2) is 4.57 Å². The maximum Gasteiger partial charge on any atom is 0.0541 e. The number of anilines is 3. The molecule has 0 saturated heterocycles. The average Bonchev–Trinajstić information content (AvgIpc) is 3.90. The predicted octanol–water partition coefficient (Wildman–Crippen LogP) is 17.3. The van der Waals surface area contributed by atoms with Crippen LogP contribution in [0.4, 0.5) is 17.1 Å². The van der Waals surface area contributed by atoms with Crippen LogP contribution in [0.5, 0.6) is 0 Å². The molecule has 296 valence electrons. The molecule has 2 aromatic heterocycles. The van der Waals surface area contributed by atoms with Gasteiger partial charge in [-0.1, -0.05) is 158 Å². The van der Waals surface area contributed by atoms with E-state index in [4.69, 9.17) is 0 Å². The number of thiophene rings is 1. The first kappa shape index (κ1) is 36.8. The molecule has 0 N–H and O–H groups in total. The smallest absolute Gasteiger partial charge is 0.0541 e. The number of fused-ring (bicyclic) bond motifs is 6. The summed E-state index contributed by atoms with van der Waals surface area (Å²) >= 11 is 1.86. The maximum absolute atomic E-state index is 2.39. The van der Waals surface area contributed by atoms with Crippen LogP contribution in [0.25, 0.3) is 92.2 Å².